The predicted molar refractivity (Wildman–Crippen MR) is 302 cm³/mol. The van der Waals surface area contributed by atoms with Gasteiger partial charge in [-0.3, -0.25) is 23.0 Å². The van der Waals surface area contributed by atoms with Gasteiger partial charge in [0.25, 0.3) is 40.5 Å². The van der Waals surface area contributed by atoms with Crippen LogP contribution >= 0.6 is 0 Å². The van der Waals surface area contributed by atoms with Gasteiger partial charge in [-0.25, -0.2) is 8.42 Å². The van der Waals surface area contributed by atoms with Gasteiger partial charge in [-0.05, 0) is 117 Å². The molecule has 0 radical (unpaired) electrons. The van der Waals surface area contributed by atoms with Crippen LogP contribution in [0.3, 0.4) is 0 Å². The Hall–Kier alpha value is -4.87. The number of fused-ring (bicyclic) bond motifs is 6. The molecule has 25 nitrogen and oxygen atoms in total. The lowest BCUT2D eigenvalue weighted by molar-refractivity contribution is -0.433. The predicted octanol–water partition coefficient (Wildman–Crippen LogP) is 5.66. The van der Waals surface area contributed by atoms with E-state index in [-0.39, 0.29) is 105 Å². The molecule has 4 aromatic rings. The Morgan fingerprint density at radius 2 is 1.13 bits per heavy atom. The molecule has 2 aliphatic rings. The number of ether oxygens (including phenoxy) is 6. The van der Waals surface area contributed by atoms with E-state index in [1.54, 1.807) is 38.3 Å². The van der Waals surface area contributed by atoms with Crippen LogP contribution in [-0.4, -0.2) is 185 Å². The maximum absolute atomic E-state index is 12.9. The van der Waals surface area contributed by atoms with E-state index in [0.29, 0.717) is 93.0 Å². The molecule has 2 aliphatic heterocycles. The molecule has 6 rings (SSSR count). The molecule has 0 saturated carbocycles. The van der Waals surface area contributed by atoms with Gasteiger partial charge >= 0.3 is 5.97 Å². The molecule has 460 valence electrons. The molecule has 0 fully saturated rings. The van der Waals surface area contributed by atoms with Crippen molar-refractivity contribution in [3.05, 3.63) is 83.6 Å². The van der Waals surface area contributed by atoms with Crippen LogP contribution in [0.1, 0.15) is 76.8 Å². The van der Waals surface area contributed by atoms with E-state index < -0.39 is 92.7 Å². The van der Waals surface area contributed by atoms with Crippen molar-refractivity contribution in [3.63, 3.8) is 0 Å². The van der Waals surface area contributed by atoms with E-state index in [1.807, 2.05) is 23.3 Å². The molecular weight excluding hydrogens is 1190 g/mol. The Kier molecular flexibility index (Phi) is 22.8. The summed E-state index contributed by atoms with van der Waals surface area (Å²) >= 11 is 0. The van der Waals surface area contributed by atoms with Gasteiger partial charge in [0.15, 0.2) is 5.71 Å². The summed E-state index contributed by atoms with van der Waals surface area (Å²) in [4.78, 5) is 9.79. The number of unbranched alkanes of at least 4 members (excludes halogenated alkanes) is 2. The minimum absolute atomic E-state index is 0.0360. The highest BCUT2D eigenvalue weighted by Crippen LogP contribution is 2.55. The first-order chi connectivity index (χ1) is 38.9. The summed E-state index contributed by atoms with van der Waals surface area (Å²) in [6.45, 7) is 9.01. The monoisotopic (exact) mass is 1260 g/mol. The third-order valence-electron chi connectivity index (χ3n) is 14.5. The Labute approximate surface area is 483 Å². The number of carbonyl (C=O) groups is 1. The normalized spacial score (nSPS) is 18.4. The maximum atomic E-state index is 12.9. The molecule has 30 heteroatoms. The van der Waals surface area contributed by atoms with Crippen molar-refractivity contribution in [1.82, 2.24) is 0 Å². The summed E-state index contributed by atoms with van der Waals surface area (Å²) in [5, 5.41) is 9.06. The number of methoxy groups -OCH3 is 1. The van der Waals surface area contributed by atoms with Gasteiger partial charge in [0.05, 0.1) is 91.9 Å². The average Bonchev–Trinajstić information content (AvgIpc) is 1.75. The first kappa shape index (κ1) is 67.3. The van der Waals surface area contributed by atoms with Gasteiger partial charge in [-0.15, -0.1) is 0 Å². The molecule has 2 unspecified atom stereocenters. The summed E-state index contributed by atoms with van der Waals surface area (Å²) in [5.41, 5.74) is -0.200. The number of carboxylic acid groups (broad SMARTS) is 1. The lowest BCUT2D eigenvalue weighted by Gasteiger charge is -2.31. The summed E-state index contributed by atoms with van der Waals surface area (Å²) in [6, 6.07) is 9.14. The largest absolute Gasteiger partial charge is 0.744 e. The number of aliphatic carboxylic acids is 1. The third kappa shape index (κ3) is 16.8. The number of hydrogen-bond acceptors (Lipinski definition) is 19. The lowest BCUT2D eigenvalue weighted by atomic mass is 9.74. The number of carboxylic acids is 1. The van der Waals surface area contributed by atoms with Crippen LogP contribution in [0.15, 0.2) is 92.0 Å². The van der Waals surface area contributed by atoms with Crippen LogP contribution in [0.4, 0.5) is 11.4 Å². The highest BCUT2D eigenvalue weighted by atomic mass is 32.2. The Morgan fingerprint density at radius 3 is 1.64 bits per heavy atom. The molecule has 0 amide bonds. The van der Waals surface area contributed by atoms with Gasteiger partial charge in [-0.2, -0.15) is 38.2 Å². The van der Waals surface area contributed by atoms with Crippen molar-refractivity contribution in [2.24, 2.45) is 0 Å². The second-order valence-corrected chi connectivity index (χ2v) is 27.2. The van der Waals surface area contributed by atoms with Crippen molar-refractivity contribution in [2.75, 3.05) is 104 Å². The summed E-state index contributed by atoms with van der Waals surface area (Å²) < 4.78 is 216. The molecule has 0 bridgehead atoms. The quantitative estimate of drug-likeness (QED) is 0.0210. The topological polar surface area (TPSA) is 374 Å². The number of anilines is 1. The van der Waals surface area contributed by atoms with Crippen LogP contribution < -0.4 is 4.90 Å². The zero-order chi connectivity index (χ0) is 61.2. The Balaban J connectivity index is 1.44. The maximum Gasteiger partial charge on any atom is 0.303 e. The van der Waals surface area contributed by atoms with Gasteiger partial charge in [0.1, 0.15) is 21.6 Å². The SMILES string of the molecule is CC[N+]1=C(/C=C/C=C2/N(CCCCCC(=O)O)c3ccc4c(S(=O)(=O)[O-])cc(S(=O)(=O)O)cc4c3C2(C)CCCS(=O)(=O)O)C(C)(CCOCCOCCOCCOCCOCCOC)c2c1ccc1c(S(=O)(=O)O)cc(S(=O)(=O)O)cc21. The first-order valence-electron chi connectivity index (χ1n) is 26.3. The Morgan fingerprint density at radius 1 is 0.614 bits per heavy atom. The summed E-state index contributed by atoms with van der Waals surface area (Å²) in [7, 11) is -23.8. The van der Waals surface area contributed by atoms with E-state index in [1.165, 1.54) is 18.2 Å². The van der Waals surface area contributed by atoms with Gasteiger partial charge in [0, 0.05) is 66.6 Å². The number of allylic oxidation sites excluding steroid dienone is 4. The summed E-state index contributed by atoms with van der Waals surface area (Å²) in [5.74, 6) is -1.76. The van der Waals surface area contributed by atoms with Gasteiger partial charge in [-0.1, -0.05) is 18.6 Å². The number of benzene rings is 4. The zero-order valence-corrected chi connectivity index (χ0v) is 50.3. The van der Waals surface area contributed by atoms with Crippen LogP contribution in [0.2, 0.25) is 0 Å². The number of nitrogens with zero attached hydrogens (tertiary/aromatic N) is 2. The molecule has 2 heterocycles. The van der Waals surface area contributed by atoms with E-state index in [2.05, 4.69) is 0 Å². The second kappa shape index (κ2) is 28.1. The molecule has 0 spiro atoms. The molecule has 5 N–H and O–H groups in total. The van der Waals surface area contributed by atoms with Crippen molar-refractivity contribution in [3.8, 4) is 0 Å². The van der Waals surface area contributed by atoms with E-state index in [0.717, 1.165) is 12.1 Å². The molecule has 0 aliphatic carbocycles. The average molecular weight is 1260 g/mol. The highest BCUT2D eigenvalue weighted by Gasteiger charge is 2.49. The molecule has 4 aromatic carbocycles. The first-order valence-corrected chi connectivity index (χ1v) is 33.7. The van der Waals surface area contributed by atoms with E-state index >= 15 is 0 Å². The van der Waals surface area contributed by atoms with E-state index in [9.17, 15) is 74.8 Å². The summed E-state index contributed by atoms with van der Waals surface area (Å²) in [6.07, 6.45) is 5.77. The van der Waals surface area contributed by atoms with Crippen molar-refractivity contribution >= 4 is 95.2 Å². The third-order valence-corrected chi connectivity index (χ3v) is 18.7. The van der Waals surface area contributed by atoms with Crippen LogP contribution in [0, 0.1) is 0 Å². The molecular formula is C53H70N2O23S5. The minimum Gasteiger partial charge on any atom is -0.744 e. The molecule has 83 heavy (non-hydrogen) atoms. The fourth-order valence-corrected chi connectivity index (χ4v) is 13.9. The smallest absolute Gasteiger partial charge is 0.303 e. The van der Waals surface area contributed by atoms with E-state index in [4.69, 9.17) is 28.4 Å². The fraction of sp³-hybridized carbons (Fsp3) is 0.509. The second-order valence-electron chi connectivity index (χ2n) is 20.1. The minimum atomic E-state index is -5.42. The Bertz CT molecular complexity index is 3720. The number of hydrogen-bond donors (Lipinski definition) is 5. The van der Waals surface area contributed by atoms with Crippen LogP contribution in [0.25, 0.3) is 21.5 Å². The van der Waals surface area contributed by atoms with Crippen LogP contribution in [0.5, 0.6) is 0 Å². The highest BCUT2D eigenvalue weighted by molar-refractivity contribution is 7.87. The standard InChI is InChI=1S/C53H70N2O23S5/c1-5-54-43-16-14-39-41(33-37(80(61,62)63)35-45(39)82(67,68)69)50(43)53(3,19-21-74-24-25-76-28-29-78-31-30-77-27-26-75-23-22-73-4)47(54)11-9-12-48-52(2,18-10-32-79(58,59)60)51-42-34-38(81(64,65)66)36-46(83(70,71)72)40(42)15-17-44(51)55(48)20-8-6-7-13-49(56)57/h9,11-12,14-17,33-36H,5-8,10,13,18-32H2,1-4H3,(H5-,56,57,58,59,60,61,62,63,64,65,66,67,68,69,70,71,72). The van der Waals surface area contributed by atoms with Gasteiger partial charge < -0.3 is 43.0 Å². The van der Waals surface area contributed by atoms with Crippen LogP contribution in [-0.2, 0) is 94.6 Å². The molecule has 2 atom stereocenters. The van der Waals surface area contributed by atoms with Crippen molar-refractivity contribution < 1.29 is 108 Å². The van der Waals surface area contributed by atoms with Crippen molar-refractivity contribution in [1.29, 1.82) is 0 Å². The molecule has 0 saturated heterocycles. The fourth-order valence-electron chi connectivity index (χ4n) is 10.8. The molecule has 0 aromatic heterocycles. The van der Waals surface area contributed by atoms with Crippen molar-refractivity contribution in [2.45, 2.75) is 96.1 Å². The lowest BCUT2D eigenvalue weighted by Crippen LogP contribution is -2.33. The van der Waals surface area contributed by atoms with Gasteiger partial charge in [0.2, 0.25) is 5.69 Å². The number of rotatable bonds is 35. The zero-order valence-electron chi connectivity index (χ0n) is 46.2.